The average Bonchev–Trinajstić information content (AvgIpc) is 2.67. The number of likely N-dealkylation sites (N-methyl/N-ethyl adjacent to an activating group) is 1. The second-order valence-corrected chi connectivity index (χ2v) is 4.15. The molecule has 1 unspecified atom stereocenters. The molecule has 0 aliphatic carbocycles. The number of unbranched alkanes of at least 4 members (excludes halogenated alkanes) is 1. The van der Waals surface area contributed by atoms with Crippen molar-refractivity contribution in [2.45, 2.75) is 25.9 Å². The molecule has 0 N–H and O–H groups in total. The highest BCUT2D eigenvalue weighted by atomic mass is 35.5. The molecule has 1 rings (SSSR count). The van der Waals surface area contributed by atoms with Gasteiger partial charge in [0.1, 0.15) is 12.6 Å². The number of halogens is 1. The molecule has 1 atom stereocenters. The van der Waals surface area contributed by atoms with Crippen LogP contribution in [0, 0.1) is 0 Å². The van der Waals surface area contributed by atoms with Gasteiger partial charge in [-0.25, -0.2) is 0 Å². The van der Waals surface area contributed by atoms with Gasteiger partial charge in [0.25, 0.3) is 0 Å². The van der Waals surface area contributed by atoms with Crippen molar-refractivity contribution in [3.63, 3.8) is 0 Å². The summed E-state index contributed by atoms with van der Waals surface area (Å²) in [5, 5.41) is 0. The summed E-state index contributed by atoms with van der Waals surface area (Å²) < 4.78 is 6.33. The van der Waals surface area contributed by atoms with Crippen LogP contribution in [0.15, 0.2) is 0 Å². The highest BCUT2D eigenvalue weighted by Gasteiger charge is 2.30. The number of ether oxygens (including phenoxy) is 1. The van der Waals surface area contributed by atoms with Crippen LogP contribution in [0.25, 0.3) is 0 Å². The first-order valence-electron chi connectivity index (χ1n) is 4.57. The molecule has 1 heterocycles. The second-order valence-electron chi connectivity index (χ2n) is 4.15. The summed E-state index contributed by atoms with van der Waals surface area (Å²) in [6.07, 6.45) is 3.20. The van der Waals surface area contributed by atoms with Crippen LogP contribution in [-0.2, 0) is 4.74 Å². The zero-order valence-electron chi connectivity index (χ0n) is 8.35. The van der Waals surface area contributed by atoms with Gasteiger partial charge in [-0.2, -0.15) is 0 Å². The minimum absolute atomic E-state index is 0. The lowest BCUT2D eigenvalue weighted by Crippen LogP contribution is -3.00. The first-order valence-corrected chi connectivity index (χ1v) is 4.57. The van der Waals surface area contributed by atoms with Crippen LogP contribution in [0.2, 0.25) is 0 Å². The first kappa shape index (κ1) is 12.2. The molecule has 0 aromatic carbocycles. The Balaban J connectivity index is 0.00000121. The van der Waals surface area contributed by atoms with Crippen molar-refractivity contribution >= 4 is 0 Å². The van der Waals surface area contributed by atoms with Gasteiger partial charge in [-0.05, 0) is 6.42 Å². The van der Waals surface area contributed by atoms with Gasteiger partial charge in [0.15, 0.2) is 0 Å². The molecule has 0 spiro atoms. The van der Waals surface area contributed by atoms with Gasteiger partial charge in [-0.3, -0.25) is 0 Å². The average molecular weight is 194 g/mol. The fraction of sp³-hybridized carbons (Fsp3) is 1.00. The van der Waals surface area contributed by atoms with E-state index < -0.39 is 0 Å². The Morgan fingerprint density at radius 1 is 1.42 bits per heavy atom. The Bertz CT molecular complexity index is 124. The van der Waals surface area contributed by atoms with Crippen LogP contribution in [0.1, 0.15) is 19.8 Å². The molecular weight excluding hydrogens is 174 g/mol. The van der Waals surface area contributed by atoms with E-state index in [0.717, 1.165) is 11.1 Å². The fourth-order valence-electron chi connectivity index (χ4n) is 1.40. The van der Waals surface area contributed by atoms with Crippen LogP contribution in [-0.4, -0.2) is 44.4 Å². The second kappa shape index (κ2) is 5.05. The predicted molar refractivity (Wildman–Crippen MR) is 46.5 cm³/mol. The third kappa shape index (κ3) is 4.96. The molecule has 12 heavy (non-hydrogen) atoms. The van der Waals surface area contributed by atoms with E-state index in [4.69, 9.17) is 4.74 Å². The van der Waals surface area contributed by atoms with Crippen LogP contribution in [0.4, 0.5) is 0 Å². The lowest BCUT2D eigenvalue weighted by atomic mass is 10.3. The summed E-state index contributed by atoms with van der Waals surface area (Å²) in [6.45, 7) is 5.72. The summed E-state index contributed by atoms with van der Waals surface area (Å²) >= 11 is 0. The highest BCUT2D eigenvalue weighted by Crippen LogP contribution is 2.14. The third-order valence-corrected chi connectivity index (χ3v) is 2.22. The molecule has 0 aromatic rings. The maximum atomic E-state index is 5.21. The Morgan fingerprint density at radius 3 is 2.42 bits per heavy atom. The van der Waals surface area contributed by atoms with Gasteiger partial charge in [0.05, 0.1) is 27.2 Å². The van der Waals surface area contributed by atoms with Gasteiger partial charge in [-0.1, -0.05) is 13.3 Å². The van der Waals surface area contributed by atoms with E-state index in [0.29, 0.717) is 6.10 Å². The summed E-state index contributed by atoms with van der Waals surface area (Å²) in [5.41, 5.74) is 0. The van der Waals surface area contributed by atoms with Crippen molar-refractivity contribution < 1.29 is 21.6 Å². The molecule has 1 aliphatic rings. The van der Waals surface area contributed by atoms with Crippen molar-refractivity contribution in [2.75, 3.05) is 33.8 Å². The van der Waals surface area contributed by atoms with Crippen LogP contribution >= 0.6 is 0 Å². The van der Waals surface area contributed by atoms with Crippen LogP contribution < -0.4 is 12.4 Å². The lowest BCUT2D eigenvalue weighted by Gasteiger charge is -2.28. The molecule has 74 valence electrons. The molecule has 2 nitrogen and oxygen atoms in total. The molecule has 0 bridgehead atoms. The molecule has 0 amide bonds. The molecule has 0 radical (unpaired) electrons. The Labute approximate surface area is 81.9 Å². The van der Waals surface area contributed by atoms with Gasteiger partial charge in [0, 0.05) is 0 Å². The minimum atomic E-state index is 0. The summed E-state index contributed by atoms with van der Waals surface area (Å²) in [6, 6.07) is 0. The van der Waals surface area contributed by atoms with Crippen LogP contribution in [0.3, 0.4) is 0 Å². The standard InChI is InChI=1S/C9H20NO.ClH/c1-4-5-6-10(2,3)7-9-8-11-9;/h9H,4-8H2,1-3H3;1H/q+1;/p-1. The van der Waals surface area contributed by atoms with E-state index in [9.17, 15) is 0 Å². The van der Waals surface area contributed by atoms with E-state index in [2.05, 4.69) is 21.0 Å². The number of epoxide rings is 1. The number of rotatable bonds is 5. The monoisotopic (exact) mass is 193 g/mol. The zero-order valence-corrected chi connectivity index (χ0v) is 9.10. The first-order chi connectivity index (χ1) is 5.14. The van der Waals surface area contributed by atoms with Crippen LogP contribution in [0.5, 0.6) is 0 Å². The Kier molecular flexibility index (Phi) is 5.14. The maximum absolute atomic E-state index is 5.21. The van der Waals surface area contributed by atoms with Gasteiger partial charge in [0.2, 0.25) is 0 Å². The van der Waals surface area contributed by atoms with Crippen molar-refractivity contribution in [3.05, 3.63) is 0 Å². The van der Waals surface area contributed by atoms with Gasteiger partial charge >= 0.3 is 0 Å². The van der Waals surface area contributed by atoms with E-state index in [1.807, 2.05) is 0 Å². The minimum Gasteiger partial charge on any atom is -1.00 e. The van der Waals surface area contributed by atoms with Crippen molar-refractivity contribution in [1.29, 1.82) is 0 Å². The number of quaternary nitrogens is 1. The normalized spacial score (nSPS) is 21.8. The van der Waals surface area contributed by atoms with Gasteiger partial charge < -0.3 is 21.6 Å². The molecular formula is C9H20ClNO. The largest absolute Gasteiger partial charge is 1.00 e. The van der Waals surface area contributed by atoms with E-state index in [1.165, 1.54) is 25.9 Å². The molecule has 1 aliphatic heterocycles. The number of nitrogens with zero attached hydrogens (tertiary/aromatic N) is 1. The number of hydrogen-bond donors (Lipinski definition) is 0. The van der Waals surface area contributed by atoms with Gasteiger partial charge in [-0.15, -0.1) is 0 Å². The highest BCUT2D eigenvalue weighted by molar-refractivity contribution is 4.67. The van der Waals surface area contributed by atoms with Crippen molar-refractivity contribution in [2.24, 2.45) is 0 Å². The van der Waals surface area contributed by atoms with Crippen molar-refractivity contribution in [3.8, 4) is 0 Å². The number of hydrogen-bond acceptors (Lipinski definition) is 1. The van der Waals surface area contributed by atoms with E-state index in [1.54, 1.807) is 0 Å². The predicted octanol–water partition coefficient (Wildman–Crippen LogP) is -1.73. The summed E-state index contributed by atoms with van der Waals surface area (Å²) in [7, 11) is 4.58. The maximum Gasteiger partial charge on any atom is 0.130 e. The quantitative estimate of drug-likeness (QED) is 0.374. The zero-order chi connectivity index (χ0) is 8.32. The fourth-order valence-corrected chi connectivity index (χ4v) is 1.40. The topological polar surface area (TPSA) is 12.5 Å². The molecule has 1 saturated heterocycles. The Hall–Kier alpha value is 0.210. The smallest absolute Gasteiger partial charge is 0.130 e. The summed E-state index contributed by atoms with van der Waals surface area (Å²) in [4.78, 5) is 0. The SMILES string of the molecule is CCCC[N+](C)(C)CC1CO1.[Cl-]. The Morgan fingerprint density at radius 2 is 2.00 bits per heavy atom. The molecule has 3 heteroatoms. The molecule has 0 saturated carbocycles. The molecule has 0 aromatic heterocycles. The lowest BCUT2D eigenvalue weighted by molar-refractivity contribution is -0.891. The van der Waals surface area contributed by atoms with Crippen molar-refractivity contribution in [1.82, 2.24) is 0 Å². The third-order valence-electron chi connectivity index (χ3n) is 2.22. The molecule has 1 fully saturated rings. The van der Waals surface area contributed by atoms with E-state index >= 15 is 0 Å². The van der Waals surface area contributed by atoms with E-state index in [-0.39, 0.29) is 12.4 Å². The summed E-state index contributed by atoms with van der Waals surface area (Å²) in [5.74, 6) is 0.